The molecule has 0 amide bonds. The van der Waals surface area contributed by atoms with E-state index in [0.717, 1.165) is 31.3 Å². The van der Waals surface area contributed by atoms with Crippen LogP contribution < -0.4 is 0 Å². The number of hydrogen-bond acceptors (Lipinski definition) is 1. The summed E-state index contributed by atoms with van der Waals surface area (Å²) in [6, 6.07) is 24.2. The summed E-state index contributed by atoms with van der Waals surface area (Å²) >= 11 is 0. The first kappa shape index (κ1) is 27.9. The molecule has 2 heteroatoms. The average Bonchev–Trinajstić information content (AvgIpc) is 3.37. The van der Waals surface area contributed by atoms with Gasteiger partial charge in [-0.3, -0.25) is 4.40 Å². The summed E-state index contributed by atoms with van der Waals surface area (Å²) in [5.41, 5.74) is 7.84. The Bertz CT molecular complexity index is 1680. The summed E-state index contributed by atoms with van der Waals surface area (Å²) in [6.45, 7) is 15.7. The van der Waals surface area contributed by atoms with Crippen LogP contribution in [-0.4, -0.2) is 9.38 Å². The first-order valence-electron chi connectivity index (χ1n) is 14.9. The van der Waals surface area contributed by atoms with E-state index in [2.05, 4.69) is 137 Å². The lowest BCUT2D eigenvalue weighted by molar-refractivity contribution is 0.336. The second-order valence-corrected chi connectivity index (χ2v) is 12.9. The highest BCUT2D eigenvalue weighted by Gasteiger charge is 2.21. The minimum atomic E-state index is 0.206. The Morgan fingerprint density at radius 1 is 0.800 bits per heavy atom. The lowest BCUT2D eigenvalue weighted by Crippen LogP contribution is -2.12. The first-order chi connectivity index (χ1) is 19.2. The number of rotatable bonds is 11. The maximum absolute atomic E-state index is 5.06. The summed E-state index contributed by atoms with van der Waals surface area (Å²) in [7, 11) is 0. The smallest absolute Gasteiger partial charge is 0.145 e. The Hall–Kier alpha value is -3.65. The van der Waals surface area contributed by atoms with Crippen LogP contribution in [0.1, 0.15) is 77.8 Å². The van der Waals surface area contributed by atoms with Gasteiger partial charge >= 0.3 is 0 Å². The molecule has 5 rings (SSSR count). The molecule has 5 aromatic rings. The van der Waals surface area contributed by atoms with E-state index < -0.39 is 0 Å². The lowest BCUT2D eigenvalue weighted by Gasteiger charge is -2.24. The highest BCUT2D eigenvalue weighted by Crippen LogP contribution is 2.38. The minimum absolute atomic E-state index is 0.206. The fourth-order valence-electron chi connectivity index (χ4n) is 6.30. The molecule has 0 atom stereocenters. The molecule has 0 saturated carbocycles. The number of benzene rings is 3. The maximum atomic E-state index is 5.06. The highest BCUT2D eigenvalue weighted by atomic mass is 15.0. The number of allylic oxidation sites excluding steroid dienone is 2. The quantitative estimate of drug-likeness (QED) is 0.123. The molecular formula is C38H44N2. The second-order valence-electron chi connectivity index (χ2n) is 12.9. The molecule has 0 bridgehead atoms. The Kier molecular flexibility index (Phi) is 7.99. The van der Waals surface area contributed by atoms with Crippen LogP contribution in [0.15, 0.2) is 91.7 Å². The van der Waals surface area contributed by atoms with Crippen molar-refractivity contribution < 1.29 is 0 Å². The maximum Gasteiger partial charge on any atom is 0.145 e. The van der Waals surface area contributed by atoms with Gasteiger partial charge in [-0.2, -0.15) is 0 Å². The predicted molar refractivity (Wildman–Crippen MR) is 175 cm³/mol. The van der Waals surface area contributed by atoms with Crippen LogP contribution in [-0.2, 0) is 6.42 Å². The number of imidazole rings is 1. The average molecular weight is 529 g/mol. The third-order valence-electron chi connectivity index (χ3n) is 8.47. The van der Waals surface area contributed by atoms with Crippen molar-refractivity contribution in [3.05, 3.63) is 103 Å². The van der Waals surface area contributed by atoms with Gasteiger partial charge in [0, 0.05) is 16.3 Å². The van der Waals surface area contributed by atoms with E-state index in [1.165, 1.54) is 56.9 Å². The Balaban J connectivity index is 1.72. The molecule has 0 N–H and O–H groups in total. The molecule has 0 aliphatic heterocycles. The number of hydrogen-bond donors (Lipinski definition) is 0. The second kappa shape index (κ2) is 11.5. The summed E-state index contributed by atoms with van der Waals surface area (Å²) < 4.78 is 2.39. The summed E-state index contributed by atoms with van der Waals surface area (Å²) in [5, 5.41) is 3.70. The van der Waals surface area contributed by atoms with Crippen LogP contribution in [0.2, 0.25) is 0 Å². The Morgan fingerprint density at radius 3 is 2.25 bits per heavy atom. The lowest BCUT2D eigenvalue weighted by atomic mass is 9.81. The number of nitrogens with zero attached hydrogens (tertiary/aromatic N) is 2. The molecule has 3 aromatic carbocycles. The zero-order valence-electron chi connectivity index (χ0n) is 25.0. The van der Waals surface area contributed by atoms with Crippen LogP contribution in [0.5, 0.6) is 0 Å². The van der Waals surface area contributed by atoms with Crippen LogP contribution in [0.4, 0.5) is 0 Å². The largest absolute Gasteiger partial charge is 0.292 e. The van der Waals surface area contributed by atoms with Crippen molar-refractivity contribution in [2.75, 3.05) is 0 Å². The van der Waals surface area contributed by atoms with Gasteiger partial charge in [0.1, 0.15) is 5.65 Å². The highest BCUT2D eigenvalue weighted by molar-refractivity contribution is 6.12. The molecule has 2 aromatic heterocycles. The van der Waals surface area contributed by atoms with Gasteiger partial charge < -0.3 is 0 Å². The first-order valence-corrected chi connectivity index (χ1v) is 14.9. The third kappa shape index (κ3) is 5.63. The molecule has 40 heavy (non-hydrogen) atoms. The molecule has 0 aliphatic carbocycles. The van der Waals surface area contributed by atoms with Gasteiger partial charge in [-0.05, 0) is 65.5 Å². The van der Waals surface area contributed by atoms with Gasteiger partial charge in [-0.15, -0.1) is 6.58 Å². The van der Waals surface area contributed by atoms with Crippen molar-refractivity contribution in [1.82, 2.24) is 9.38 Å². The molecule has 0 unspecified atom stereocenters. The van der Waals surface area contributed by atoms with Gasteiger partial charge in [0.25, 0.3) is 0 Å². The van der Waals surface area contributed by atoms with E-state index >= 15 is 0 Å². The number of pyridine rings is 1. The normalized spacial score (nSPS) is 12.7. The van der Waals surface area contributed by atoms with Gasteiger partial charge in [0.05, 0.1) is 17.4 Å². The van der Waals surface area contributed by atoms with Crippen molar-refractivity contribution in [1.29, 1.82) is 0 Å². The fourth-order valence-corrected chi connectivity index (χ4v) is 6.30. The van der Waals surface area contributed by atoms with Crippen LogP contribution >= 0.6 is 0 Å². The number of para-hydroxylation sites is 1. The summed E-state index contributed by atoms with van der Waals surface area (Å²) in [5.74, 6) is 0. The van der Waals surface area contributed by atoms with Crippen molar-refractivity contribution in [3.63, 3.8) is 0 Å². The molecule has 2 heterocycles. The van der Waals surface area contributed by atoms with E-state index in [9.17, 15) is 0 Å². The molecule has 0 spiro atoms. The van der Waals surface area contributed by atoms with E-state index in [-0.39, 0.29) is 5.41 Å². The molecular weight excluding hydrogens is 484 g/mol. The Morgan fingerprint density at radius 2 is 1.50 bits per heavy atom. The van der Waals surface area contributed by atoms with Crippen molar-refractivity contribution >= 4 is 33.4 Å². The van der Waals surface area contributed by atoms with E-state index in [1.807, 2.05) is 0 Å². The zero-order chi connectivity index (χ0) is 28.3. The van der Waals surface area contributed by atoms with Crippen molar-refractivity contribution in [3.8, 4) is 11.3 Å². The molecule has 206 valence electrons. The summed E-state index contributed by atoms with van der Waals surface area (Å²) in [6.07, 6.45) is 15.5. The molecule has 0 aliphatic rings. The van der Waals surface area contributed by atoms with Gasteiger partial charge in [0.15, 0.2) is 0 Å². The standard InChI is InChI=1S/C38H44N2/c1-7-23-37(3,4)25-14-17-28-15-13-16-29(22-26-38(5,6)24-8-2)35(28)34-27-39-36-32-20-10-9-18-30(32)31-19-11-12-21-33(31)40(34)36/h8-21,27H,2,7,22-26H2,1,3-6H3. The summed E-state index contributed by atoms with van der Waals surface area (Å²) in [4.78, 5) is 5.06. The van der Waals surface area contributed by atoms with E-state index in [1.54, 1.807) is 0 Å². The van der Waals surface area contributed by atoms with Crippen LogP contribution in [0.3, 0.4) is 0 Å². The van der Waals surface area contributed by atoms with Gasteiger partial charge in [-0.1, -0.05) is 120 Å². The fraction of sp³-hybridized carbons (Fsp3) is 0.342. The monoisotopic (exact) mass is 528 g/mol. The van der Waals surface area contributed by atoms with Crippen molar-refractivity contribution in [2.24, 2.45) is 10.8 Å². The van der Waals surface area contributed by atoms with Gasteiger partial charge in [-0.25, -0.2) is 4.98 Å². The Labute approximate surface area is 240 Å². The topological polar surface area (TPSA) is 17.3 Å². The molecule has 0 saturated heterocycles. The minimum Gasteiger partial charge on any atom is -0.292 e. The third-order valence-corrected chi connectivity index (χ3v) is 8.47. The van der Waals surface area contributed by atoms with E-state index in [4.69, 9.17) is 4.98 Å². The van der Waals surface area contributed by atoms with Crippen LogP contribution in [0, 0.1) is 10.8 Å². The zero-order valence-corrected chi connectivity index (χ0v) is 25.0. The predicted octanol–water partition coefficient (Wildman–Crippen LogP) is 11.1. The number of aryl methyl sites for hydroxylation is 1. The molecule has 0 radical (unpaired) electrons. The molecule has 0 fully saturated rings. The van der Waals surface area contributed by atoms with E-state index in [0.29, 0.717) is 5.41 Å². The van der Waals surface area contributed by atoms with Gasteiger partial charge in [0.2, 0.25) is 0 Å². The van der Waals surface area contributed by atoms with Crippen LogP contribution in [0.25, 0.3) is 44.7 Å². The number of aromatic nitrogens is 2. The molecule has 2 nitrogen and oxygen atoms in total. The number of fused-ring (bicyclic) bond motifs is 6. The van der Waals surface area contributed by atoms with Crippen molar-refractivity contribution in [2.45, 2.75) is 73.1 Å². The SMILES string of the molecule is C=CCC(C)(C)CCc1cccc(C=CCC(C)(C)CCC)c1-c1cnc2c3ccccc3c3ccccc3n12.